The van der Waals surface area contributed by atoms with E-state index in [1.54, 1.807) is 18.2 Å². The first-order valence-electron chi connectivity index (χ1n) is 8.38. The molecule has 2 heterocycles. The lowest BCUT2D eigenvalue weighted by Crippen LogP contribution is -2.48. The number of nitrogens with zero attached hydrogens (tertiary/aromatic N) is 4. The van der Waals surface area contributed by atoms with E-state index in [2.05, 4.69) is 38.3 Å². The molecule has 8 heteroatoms. The Morgan fingerprint density at radius 2 is 2.00 bits per heavy atom. The number of benzene rings is 1. The first-order valence-corrected chi connectivity index (χ1v) is 9.15. The van der Waals surface area contributed by atoms with Gasteiger partial charge in [0.2, 0.25) is 11.0 Å². The number of amides is 1. The van der Waals surface area contributed by atoms with E-state index in [1.807, 2.05) is 0 Å². The van der Waals surface area contributed by atoms with E-state index in [9.17, 15) is 9.18 Å². The van der Waals surface area contributed by atoms with E-state index in [4.69, 9.17) is 0 Å². The van der Waals surface area contributed by atoms with Gasteiger partial charge in [-0.3, -0.25) is 9.69 Å². The maximum Gasteiger partial charge on any atom is 0.238 e. The number of hydrogen-bond acceptors (Lipinski definition) is 6. The molecule has 1 saturated heterocycles. The average Bonchev–Trinajstić information content (AvgIpc) is 3.08. The van der Waals surface area contributed by atoms with Crippen molar-refractivity contribution in [2.75, 3.05) is 42.9 Å². The van der Waals surface area contributed by atoms with Crippen molar-refractivity contribution in [2.24, 2.45) is 0 Å². The molecule has 0 saturated carbocycles. The van der Waals surface area contributed by atoms with E-state index < -0.39 is 5.82 Å². The van der Waals surface area contributed by atoms with Crippen molar-refractivity contribution in [3.05, 3.63) is 35.9 Å². The number of piperazine rings is 1. The SMILES string of the molecule is CC(C)c1nsc(N2CCN(CC(=O)Nc3ccccc3F)CC2)n1. The van der Waals surface area contributed by atoms with E-state index in [-0.39, 0.29) is 18.1 Å². The van der Waals surface area contributed by atoms with Gasteiger partial charge in [-0.25, -0.2) is 9.37 Å². The van der Waals surface area contributed by atoms with Gasteiger partial charge in [-0.2, -0.15) is 4.37 Å². The lowest BCUT2D eigenvalue weighted by atomic mass is 10.2. The summed E-state index contributed by atoms with van der Waals surface area (Å²) in [5.41, 5.74) is 0.223. The van der Waals surface area contributed by atoms with E-state index in [1.165, 1.54) is 17.6 Å². The van der Waals surface area contributed by atoms with Crippen LogP contribution in [0.5, 0.6) is 0 Å². The lowest BCUT2D eigenvalue weighted by Gasteiger charge is -2.33. The third kappa shape index (κ3) is 4.52. The van der Waals surface area contributed by atoms with Gasteiger partial charge in [0.05, 0.1) is 12.2 Å². The number of aromatic nitrogens is 2. The highest BCUT2D eigenvalue weighted by atomic mass is 32.1. The van der Waals surface area contributed by atoms with E-state index in [0.717, 1.165) is 37.1 Å². The van der Waals surface area contributed by atoms with Crippen molar-refractivity contribution in [3.63, 3.8) is 0 Å². The standard InChI is InChI=1S/C17H22FN5OS/c1-12(2)16-20-17(25-21-16)23-9-7-22(8-10-23)11-15(24)19-14-6-4-3-5-13(14)18/h3-6,12H,7-11H2,1-2H3,(H,19,24). The Morgan fingerprint density at radius 1 is 1.28 bits per heavy atom. The number of carbonyl (C=O) groups excluding carboxylic acids is 1. The monoisotopic (exact) mass is 363 g/mol. The molecule has 0 bridgehead atoms. The molecule has 0 unspecified atom stereocenters. The number of rotatable bonds is 5. The van der Waals surface area contributed by atoms with Crippen LogP contribution in [0.1, 0.15) is 25.6 Å². The van der Waals surface area contributed by atoms with Crippen molar-refractivity contribution in [1.82, 2.24) is 14.3 Å². The number of para-hydroxylation sites is 1. The molecule has 0 radical (unpaired) electrons. The molecule has 1 amide bonds. The minimum absolute atomic E-state index is 0.198. The Bertz CT molecular complexity index is 727. The summed E-state index contributed by atoms with van der Waals surface area (Å²) in [5, 5.41) is 3.57. The van der Waals surface area contributed by atoms with E-state index >= 15 is 0 Å². The van der Waals surface area contributed by atoms with Gasteiger partial charge >= 0.3 is 0 Å². The second-order valence-corrected chi connectivity index (χ2v) is 7.11. The molecule has 1 aromatic heterocycles. The zero-order valence-electron chi connectivity index (χ0n) is 14.4. The number of carbonyl (C=O) groups is 1. The van der Waals surface area contributed by atoms with Crippen LogP contribution >= 0.6 is 11.5 Å². The highest BCUT2D eigenvalue weighted by Crippen LogP contribution is 2.22. The predicted octanol–water partition coefficient (Wildman–Crippen LogP) is 2.56. The molecule has 134 valence electrons. The van der Waals surface area contributed by atoms with Crippen molar-refractivity contribution >= 4 is 28.3 Å². The van der Waals surface area contributed by atoms with Crippen LogP contribution in [0.15, 0.2) is 24.3 Å². The maximum atomic E-state index is 13.6. The average molecular weight is 363 g/mol. The largest absolute Gasteiger partial charge is 0.344 e. The van der Waals surface area contributed by atoms with E-state index in [0.29, 0.717) is 5.92 Å². The van der Waals surface area contributed by atoms with Crippen molar-refractivity contribution < 1.29 is 9.18 Å². The fourth-order valence-electron chi connectivity index (χ4n) is 2.64. The van der Waals surface area contributed by atoms with Crippen LogP contribution in [0.4, 0.5) is 15.2 Å². The molecule has 1 N–H and O–H groups in total. The Labute approximate surface area is 150 Å². The summed E-state index contributed by atoms with van der Waals surface area (Å²) in [5.74, 6) is 0.592. The molecule has 2 aromatic rings. The number of nitrogens with one attached hydrogen (secondary N) is 1. The number of anilines is 2. The predicted molar refractivity (Wildman–Crippen MR) is 97.7 cm³/mol. The maximum absolute atomic E-state index is 13.6. The van der Waals surface area contributed by atoms with Gasteiger partial charge < -0.3 is 10.2 Å². The lowest BCUT2D eigenvalue weighted by molar-refractivity contribution is -0.117. The molecule has 1 fully saturated rings. The Balaban J connectivity index is 1.49. The van der Waals surface area contributed by atoms with Crippen LogP contribution in [-0.2, 0) is 4.79 Å². The number of hydrogen-bond donors (Lipinski definition) is 1. The smallest absolute Gasteiger partial charge is 0.238 e. The van der Waals surface area contributed by atoms with Crippen LogP contribution in [0.25, 0.3) is 0 Å². The molecule has 6 nitrogen and oxygen atoms in total. The van der Waals surface area contributed by atoms with Crippen molar-refractivity contribution in [1.29, 1.82) is 0 Å². The Kier molecular flexibility index (Phi) is 5.60. The molecule has 3 rings (SSSR count). The summed E-state index contributed by atoms with van der Waals surface area (Å²) in [6.07, 6.45) is 0. The first kappa shape index (κ1) is 17.8. The summed E-state index contributed by atoms with van der Waals surface area (Å²) in [4.78, 5) is 21.0. The Hall–Kier alpha value is -2.06. The van der Waals surface area contributed by atoms with Crippen LogP contribution in [-0.4, -0.2) is 52.9 Å². The zero-order chi connectivity index (χ0) is 17.8. The summed E-state index contributed by atoms with van der Waals surface area (Å²) < 4.78 is 18.0. The summed E-state index contributed by atoms with van der Waals surface area (Å²) >= 11 is 1.43. The molecule has 1 aromatic carbocycles. The molecule has 25 heavy (non-hydrogen) atoms. The van der Waals surface area contributed by atoms with Gasteiger partial charge in [-0.05, 0) is 12.1 Å². The second-order valence-electron chi connectivity index (χ2n) is 6.38. The molecule has 0 aliphatic carbocycles. The summed E-state index contributed by atoms with van der Waals surface area (Å²) in [7, 11) is 0. The van der Waals surface area contributed by atoms with Gasteiger partial charge in [-0.1, -0.05) is 26.0 Å². The van der Waals surface area contributed by atoms with Gasteiger partial charge in [0.1, 0.15) is 11.6 Å². The zero-order valence-corrected chi connectivity index (χ0v) is 15.2. The minimum atomic E-state index is -0.419. The molecule has 0 spiro atoms. The molecule has 1 aliphatic heterocycles. The molecular weight excluding hydrogens is 341 g/mol. The topological polar surface area (TPSA) is 61.4 Å². The van der Waals surface area contributed by atoms with Crippen molar-refractivity contribution in [3.8, 4) is 0 Å². The molecular formula is C17H22FN5OS. The molecule has 1 aliphatic rings. The molecule has 0 atom stereocenters. The van der Waals surface area contributed by atoms with Crippen LogP contribution in [0, 0.1) is 5.82 Å². The van der Waals surface area contributed by atoms with Gasteiger partial charge in [0.25, 0.3) is 0 Å². The third-order valence-corrected chi connectivity index (χ3v) is 4.90. The highest BCUT2D eigenvalue weighted by Gasteiger charge is 2.22. The Morgan fingerprint density at radius 3 is 2.64 bits per heavy atom. The normalized spacial score (nSPS) is 15.6. The quantitative estimate of drug-likeness (QED) is 0.885. The van der Waals surface area contributed by atoms with Crippen LogP contribution in [0.2, 0.25) is 0 Å². The third-order valence-electron chi connectivity index (χ3n) is 4.11. The fraction of sp³-hybridized carbons (Fsp3) is 0.471. The number of halogens is 1. The highest BCUT2D eigenvalue weighted by molar-refractivity contribution is 7.09. The summed E-state index contributed by atoms with van der Waals surface area (Å²) in [6, 6.07) is 6.20. The second kappa shape index (κ2) is 7.88. The van der Waals surface area contributed by atoms with Crippen LogP contribution in [0.3, 0.4) is 0 Å². The summed E-state index contributed by atoms with van der Waals surface area (Å²) in [6.45, 7) is 7.56. The van der Waals surface area contributed by atoms with Crippen molar-refractivity contribution in [2.45, 2.75) is 19.8 Å². The fourth-order valence-corrected chi connectivity index (χ4v) is 3.50. The van der Waals surface area contributed by atoms with Gasteiger partial charge in [0.15, 0.2) is 0 Å². The minimum Gasteiger partial charge on any atom is -0.344 e. The van der Waals surface area contributed by atoms with Crippen LogP contribution < -0.4 is 10.2 Å². The van der Waals surface area contributed by atoms with Gasteiger partial charge in [0, 0.05) is 43.6 Å². The first-order chi connectivity index (χ1) is 12.0. The van der Waals surface area contributed by atoms with Gasteiger partial charge in [-0.15, -0.1) is 0 Å².